The zero-order valence-corrected chi connectivity index (χ0v) is 21.4. The van der Waals surface area contributed by atoms with Gasteiger partial charge in [0.25, 0.3) is 17.0 Å². The van der Waals surface area contributed by atoms with Gasteiger partial charge in [-0.1, -0.05) is 24.8 Å². The molecule has 0 unspecified atom stereocenters. The van der Waals surface area contributed by atoms with E-state index in [-0.39, 0.29) is 42.4 Å². The molecule has 0 amide bonds. The molecule has 1 fully saturated rings. The third-order valence-electron chi connectivity index (χ3n) is 6.23. The van der Waals surface area contributed by atoms with Gasteiger partial charge in [0.1, 0.15) is 23.0 Å². The van der Waals surface area contributed by atoms with Crippen LogP contribution in [0.4, 0.5) is 26.0 Å². The molecule has 204 valence electrons. The lowest BCUT2D eigenvalue weighted by molar-refractivity contribution is -0.0262. The quantitative estimate of drug-likeness (QED) is 0.247. The van der Waals surface area contributed by atoms with Crippen molar-refractivity contribution in [1.29, 1.82) is 0 Å². The number of nitrogen functional groups attached to an aromatic ring is 1. The first-order chi connectivity index (χ1) is 19.2. The lowest BCUT2D eigenvalue weighted by Gasteiger charge is -2.40. The third-order valence-corrected chi connectivity index (χ3v) is 6.23. The second kappa shape index (κ2) is 10.5. The number of benzene rings is 1. The number of aliphatic imine (C=N–C) groups is 1. The molecule has 40 heavy (non-hydrogen) atoms. The second-order valence-corrected chi connectivity index (χ2v) is 9.14. The largest absolute Gasteiger partial charge is 0.383 e. The number of alkyl halides is 2. The summed E-state index contributed by atoms with van der Waals surface area (Å²) in [6.45, 7) is 7.14. The average Bonchev–Trinajstić information content (AvgIpc) is 3.15. The van der Waals surface area contributed by atoms with Crippen LogP contribution in [0.5, 0.6) is 0 Å². The predicted octanol–water partition coefficient (Wildman–Crippen LogP) is 3.41. The number of nitrogens with zero attached hydrogens (tertiary/aromatic N) is 6. The van der Waals surface area contributed by atoms with Crippen molar-refractivity contribution >= 4 is 23.4 Å². The highest BCUT2D eigenvalue weighted by Gasteiger charge is 2.43. The van der Waals surface area contributed by atoms with Crippen molar-refractivity contribution in [2.24, 2.45) is 4.99 Å². The summed E-state index contributed by atoms with van der Waals surface area (Å²) in [5, 5.41) is 3.00. The van der Waals surface area contributed by atoms with Gasteiger partial charge in [0, 0.05) is 29.9 Å². The Hall–Kier alpha value is -5.26. The number of anilines is 3. The van der Waals surface area contributed by atoms with E-state index in [2.05, 4.69) is 28.5 Å². The maximum absolute atomic E-state index is 13.3. The van der Waals surface area contributed by atoms with E-state index in [1.807, 2.05) is 0 Å². The Bertz CT molecular complexity index is 1730. The minimum Gasteiger partial charge on any atom is -0.383 e. The van der Waals surface area contributed by atoms with Crippen LogP contribution in [0.3, 0.4) is 0 Å². The fourth-order valence-corrected chi connectivity index (χ4v) is 4.31. The molecule has 0 bridgehead atoms. The number of hydrogen-bond donors (Lipinski definition) is 2. The van der Waals surface area contributed by atoms with Gasteiger partial charge in [-0.3, -0.25) is 14.2 Å². The summed E-state index contributed by atoms with van der Waals surface area (Å²) in [6, 6.07) is 16.7. The van der Waals surface area contributed by atoms with E-state index < -0.39 is 11.5 Å². The molecule has 0 saturated carbocycles. The summed E-state index contributed by atoms with van der Waals surface area (Å²) in [4.78, 5) is 36.0. The first-order valence-corrected chi connectivity index (χ1v) is 12.3. The van der Waals surface area contributed by atoms with E-state index in [1.54, 1.807) is 71.8 Å². The molecule has 1 aromatic carbocycles. The first-order valence-electron chi connectivity index (χ1n) is 12.3. The molecule has 3 aromatic heterocycles. The second-order valence-electron chi connectivity index (χ2n) is 9.14. The molecule has 1 aliphatic heterocycles. The number of aromatic nitrogens is 4. The van der Waals surface area contributed by atoms with Crippen molar-refractivity contribution in [2.45, 2.75) is 12.5 Å². The summed E-state index contributed by atoms with van der Waals surface area (Å²) < 4.78 is 30.5. The molecule has 12 heteroatoms. The standard InChI is InChI=1S/C28H26F2N8O2/c1-3-14-37-27(40)22(16-32-19(2)33-20-10-12-21(13-11-20)35-17-28(29,30)18-35)26(31)38(37)24-8-6-7-23(34-24)36-15-5-4-9-25(36)39/h3-13,15-16,33H,1-2,14,17-18,31H2/b32-16-. The van der Waals surface area contributed by atoms with Crippen LogP contribution in [0.15, 0.2) is 106 Å². The van der Waals surface area contributed by atoms with Gasteiger partial charge in [-0.05, 0) is 42.5 Å². The highest BCUT2D eigenvalue weighted by Crippen LogP contribution is 2.32. The normalized spacial score (nSPS) is 14.2. The molecular weight excluding hydrogens is 518 g/mol. The highest BCUT2D eigenvalue weighted by atomic mass is 19.3. The van der Waals surface area contributed by atoms with Crippen molar-refractivity contribution in [3.05, 3.63) is 118 Å². The fourth-order valence-electron chi connectivity index (χ4n) is 4.31. The van der Waals surface area contributed by atoms with Gasteiger partial charge in [-0.2, -0.15) is 0 Å². The van der Waals surface area contributed by atoms with Crippen LogP contribution in [-0.4, -0.2) is 44.1 Å². The van der Waals surface area contributed by atoms with Crippen LogP contribution >= 0.6 is 0 Å². The number of pyridine rings is 2. The predicted molar refractivity (Wildman–Crippen MR) is 152 cm³/mol. The summed E-state index contributed by atoms with van der Waals surface area (Å²) in [6.07, 6.45) is 4.46. The van der Waals surface area contributed by atoms with Crippen molar-refractivity contribution in [3.63, 3.8) is 0 Å². The highest BCUT2D eigenvalue weighted by molar-refractivity contribution is 5.86. The molecule has 1 saturated heterocycles. The van der Waals surface area contributed by atoms with Crippen LogP contribution < -0.4 is 27.1 Å². The van der Waals surface area contributed by atoms with Crippen LogP contribution in [0.25, 0.3) is 11.6 Å². The van der Waals surface area contributed by atoms with Crippen LogP contribution in [0.2, 0.25) is 0 Å². The van der Waals surface area contributed by atoms with Crippen molar-refractivity contribution in [1.82, 2.24) is 18.9 Å². The van der Waals surface area contributed by atoms with Gasteiger partial charge < -0.3 is 16.0 Å². The van der Waals surface area contributed by atoms with Crippen LogP contribution in [0, 0.1) is 0 Å². The SMILES string of the molecule is C=CCn1c(=O)c(/C=N\C(=C)Nc2ccc(N3CC(F)(F)C3)cc2)c(N)n1-c1cccc(-n2ccccc2=O)n1. The molecule has 1 aliphatic rings. The van der Waals surface area contributed by atoms with E-state index in [0.29, 0.717) is 23.0 Å². The van der Waals surface area contributed by atoms with E-state index in [9.17, 15) is 18.4 Å². The summed E-state index contributed by atoms with van der Waals surface area (Å²) >= 11 is 0. The van der Waals surface area contributed by atoms with Crippen molar-refractivity contribution in [3.8, 4) is 11.6 Å². The number of nitrogens with one attached hydrogen (secondary N) is 1. The summed E-state index contributed by atoms with van der Waals surface area (Å²) in [7, 11) is 0. The third kappa shape index (κ3) is 5.19. The number of allylic oxidation sites excluding steroid dienone is 1. The molecule has 4 aromatic rings. The zero-order valence-electron chi connectivity index (χ0n) is 21.4. The summed E-state index contributed by atoms with van der Waals surface area (Å²) in [5.41, 5.74) is 7.18. The summed E-state index contributed by atoms with van der Waals surface area (Å²) in [5.74, 6) is -1.65. The number of hydrogen-bond acceptors (Lipinski definition) is 7. The van der Waals surface area contributed by atoms with E-state index >= 15 is 0 Å². The molecule has 3 N–H and O–H groups in total. The van der Waals surface area contributed by atoms with E-state index in [4.69, 9.17) is 5.73 Å². The average molecular weight is 545 g/mol. The lowest BCUT2D eigenvalue weighted by Crippen LogP contribution is -2.56. The lowest BCUT2D eigenvalue weighted by atomic mass is 10.1. The fraction of sp³-hybridized carbons (Fsp3) is 0.143. The topological polar surface area (TPSA) is 115 Å². The van der Waals surface area contributed by atoms with Crippen molar-refractivity contribution in [2.75, 3.05) is 29.0 Å². The monoisotopic (exact) mass is 544 g/mol. The minimum absolute atomic E-state index is 0.0872. The Labute approximate surface area is 227 Å². The number of nitrogens with two attached hydrogens (primary N) is 1. The Kier molecular flexibility index (Phi) is 6.91. The molecule has 4 heterocycles. The Morgan fingerprint density at radius 1 is 1.07 bits per heavy atom. The number of halogens is 2. The Balaban J connectivity index is 1.39. The van der Waals surface area contributed by atoms with Crippen molar-refractivity contribution < 1.29 is 8.78 Å². The van der Waals surface area contributed by atoms with Gasteiger partial charge in [-0.15, -0.1) is 6.58 Å². The van der Waals surface area contributed by atoms with Gasteiger partial charge in [0.2, 0.25) is 0 Å². The molecular formula is C28H26F2N8O2. The Morgan fingerprint density at radius 3 is 2.48 bits per heavy atom. The molecule has 10 nitrogen and oxygen atoms in total. The van der Waals surface area contributed by atoms with Crippen LogP contribution in [-0.2, 0) is 6.54 Å². The first kappa shape index (κ1) is 26.4. The maximum Gasteiger partial charge on any atom is 0.282 e. The Morgan fingerprint density at radius 2 is 1.80 bits per heavy atom. The van der Waals surface area contributed by atoms with E-state index in [1.165, 1.54) is 26.2 Å². The van der Waals surface area contributed by atoms with Gasteiger partial charge in [0.05, 0.1) is 19.6 Å². The van der Waals surface area contributed by atoms with Crippen LogP contribution in [0.1, 0.15) is 5.56 Å². The molecule has 0 aliphatic carbocycles. The van der Waals surface area contributed by atoms with E-state index in [0.717, 1.165) is 0 Å². The molecule has 0 atom stereocenters. The maximum atomic E-state index is 13.3. The van der Waals surface area contributed by atoms with Gasteiger partial charge >= 0.3 is 0 Å². The smallest absolute Gasteiger partial charge is 0.282 e. The molecule has 0 radical (unpaired) electrons. The van der Waals surface area contributed by atoms with Gasteiger partial charge in [0.15, 0.2) is 5.82 Å². The molecule has 5 rings (SSSR count). The number of rotatable bonds is 9. The minimum atomic E-state index is -2.65. The van der Waals surface area contributed by atoms with Gasteiger partial charge in [-0.25, -0.2) is 28.1 Å². The molecule has 0 spiro atoms. The zero-order chi connectivity index (χ0) is 28.4.